The van der Waals surface area contributed by atoms with Gasteiger partial charge >= 0.3 is 0 Å². The van der Waals surface area contributed by atoms with Crippen molar-refractivity contribution in [3.05, 3.63) is 80.6 Å². The van der Waals surface area contributed by atoms with Crippen LogP contribution in [0.1, 0.15) is 15.9 Å². The van der Waals surface area contributed by atoms with Gasteiger partial charge in [0, 0.05) is 12.6 Å². The summed E-state index contributed by atoms with van der Waals surface area (Å²) in [6, 6.07) is 13.1. The van der Waals surface area contributed by atoms with E-state index in [1.165, 1.54) is 23.1 Å². The highest BCUT2D eigenvalue weighted by molar-refractivity contribution is 6.51. The monoisotopic (exact) mass is 361 g/mol. The van der Waals surface area contributed by atoms with E-state index in [0.29, 0.717) is 16.8 Å². The van der Waals surface area contributed by atoms with E-state index >= 15 is 0 Å². The molecule has 0 saturated carbocycles. The summed E-state index contributed by atoms with van der Waals surface area (Å²) in [5, 5.41) is 15.0. The Morgan fingerprint density at radius 3 is 2.56 bits per heavy atom. The van der Waals surface area contributed by atoms with Crippen molar-refractivity contribution in [1.82, 2.24) is 10.2 Å². The Hall–Kier alpha value is -3.87. The molecule has 27 heavy (non-hydrogen) atoms. The molecule has 1 aromatic heterocycles. The summed E-state index contributed by atoms with van der Waals surface area (Å²) in [6.45, 7) is 0. The van der Waals surface area contributed by atoms with Gasteiger partial charge in [0.05, 0.1) is 16.3 Å². The first-order chi connectivity index (χ1) is 13.0. The van der Waals surface area contributed by atoms with E-state index in [9.17, 15) is 19.5 Å². The summed E-state index contributed by atoms with van der Waals surface area (Å²) < 4.78 is 0. The number of anilines is 1. The first kappa shape index (κ1) is 16.6. The molecule has 3 N–H and O–H groups in total. The van der Waals surface area contributed by atoms with Crippen LogP contribution >= 0.6 is 0 Å². The van der Waals surface area contributed by atoms with Crippen molar-refractivity contribution in [2.24, 2.45) is 0 Å². The Bertz CT molecular complexity index is 1270. The SMILES string of the molecule is CN1C(=O)/C(=c2/[nH][nH]c(=O)/c2=C\c2cccc(O)c2)C(=O)c2ccccc21. The van der Waals surface area contributed by atoms with E-state index < -0.39 is 17.2 Å². The number of aromatic amines is 2. The van der Waals surface area contributed by atoms with Crippen LogP contribution in [-0.4, -0.2) is 34.0 Å². The Balaban J connectivity index is 2.05. The number of hydrogen-bond donors (Lipinski definition) is 3. The quantitative estimate of drug-likeness (QED) is 0.577. The fourth-order valence-electron chi connectivity index (χ4n) is 3.17. The topological polar surface area (TPSA) is 106 Å². The Kier molecular flexibility index (Phi) is 3.77. The molecule has 4 rings (SSSR count). The second-order valence-corrected chi connectivity index (χ2v) is 6.19. The highest BCUT2D eigenvalue weighted by Crippen LogP contribution is 2.28. The van der Waals surface area contributed by atoms with Gasteiger partial charge in [-0.15, -0.1) is 0 Å². The van der Waals surface area contributed by atoms with Crippen molar-refractivity contribution >= 4 is 29.0 Å². The second kappa shape index (κ2) is 6.14. The van der Waals surface area contributed by atoms with Gasteiger partial charge in [-0.25, -0.2) is 0 Å². The van der Waals surface area contributed by atoms with Crippen LogP contribution in [0.25, 0.3) is 11.6 Å². The molecule has 0 fully saturated rings. The number of aromatic hydroxyl groups is 1. The number of nitrogens with one attached hydrogen (secondary N) is 2. The number of amides is 1. The zero-order valence-electron chi connectivity index (χ0n) is 14.3. The fraction of sp³-hybridized carbons (Fsp3) is 0.0500. The van der Waals surface area contributed by atoms with E-state index in [-0.39, 0.29) is 21.9 Å². The molecule has 0 radical (unpaired) electrons. The minimum atomic E-state index is -0.500. The number of aromatic nitrogens is 2. The number of rotatable bonds is 1. The molecular weight excluding hydrogens is 346 g/mol. The van der Waals surface area contributed by atoms with Crippen LogP contribution in [0.5, 0.6) is 5.75 Å². The number of H-pyrrole nitrogens is 2. The number of hydrogen-bond acceptors (Lipinski definition) is 4. The summed E-state index contributed by atoms with van der Waals surface area (Å²) in [5.41, 5.74) is 0.892. The number of phenolic OH excluding ortho intramolecular Hbond substituents is 1. The molecule has 2 heterocycles. The average Bonchev–Trinajstić information content (AvgIpc) is 3.01. The third kappa shape index (κ3) is 2.65. The lowest BCUT2D eigenvalue weighted by Gasteiger charge is -2.25. The van der Waals surface area contributed by atoms with Crippen molar-refractivity contribution in [2.45, 2.75) is 0 Å². The summed E-state index contributed by atoms with van der Waals surface area (Å²) in [5.74, 6) is -0.905. The van der Waals surface area contributed by atoms with Crippen molar-refractivity contribution in [3.63, 3.8) is 0 Å². The first-order valence-corrected chi connectivity index (χ1v) is 8.21. The maximum atomic E-state index is 13.0. The summed E-state index contributed by atoms with van der Waals surface area (Å²) >= 11 is 0. The standard InChI is InChI=1S/C20H15N3O4/c1-23-15-8-3-2-7-13(15)18(25)16(20(23)27)17-14(19(26)22-21-17)10-11-5-4-6-12(24)9-11/h2-10,21,24H,1H3,(H,22,26)/b14-10-,17-16+. The molecule has 1 aliphatic rings. The molecule has 1 aliphatic heterocycles. The summed E-state index contributed by atoms with van der Waals surface area (Å²) in [6.07, 6.45) is 1.51. The zero-order valence-corrected chi connectivity index (χ0v) is 14.3. The number of phenols is 1. The molecule has 0 bridgehead atoms. The van der Waals surface area contributed by atoms with Crippen molar-refractivity contribution in [3.8, 4) is 5.75 Å². The van der Waals surface area contributed by atoms with Crippen LogP contribution in [0.4, 0.5) is 5.69 Å². The summed E-state index contributed by atoms with van der Waals surface area (Å²) in [7, 11) is 1.58. The number of nitrogens with zero attached hydrogens (tertiary/aromatic N) is 1. The Morgan fingerprint density at radius 2 is 1.78 bits per heavy atom. The smallest absolute Gasteiger partial charge is 0.271 e. The van der Waals surface area contributed by atoms with E-state index in [4.69, 9.17) is 0 Å². The van der Waals surface area contributed by atoms with Crippen molar-refractivity contribution < 1.29 is 14.7 Å². The molecule has 0 unspecified atom stereocenters. The van der Waals surface area contributed by atoms with Crippen molar-refractivity contribution in [1.29, 1.82) is 0 Å². The number of fused-ring (bicyclic) bond motifs is 1. The van der Waals surface area contributed by atoms with Crippen LogP contribution in [-0.2, 0) is 4.79 Å². The van der Waals surface area contributed by atoms with Gasteiger partial charge in [-0.2, -0.15) is 0 Å². The number of benzene rings is 2. The molecular formula is C20H15N3O4. The minimum Gasteiger partial charge on any atom is -0.508 e. The normalized spacial score (nSPS) is 16.6. The maximum Gasteiger partial charge on any atom is 0.271 e. The van der Waals surface area contributed by atoms with Gasteiger partial charge in [0.2, 0.25) is 5.78 Å². The third-order valence-electron chi connectivity index (χ3n) is 4.50. The van der Waals surface area contributed by atoms with Gasteiger partial charge in [-0.1, -0.05) is 24.3 Å². The molecule has 0 atom stereocenters. The van der Waals surface area contributed by atoms with E-state index in [0.717, 1.165) is 0 Å². The van der Waals surface area contributed by atoms with Gasteiger partial charge < -0.3 is 10.0 Å². The Morgan fingerprint density at radius 1 is 1.00 bits per heavy atom. The molecule has 3 aromatic rings. The molecule has 134 valence electrons. The lowest BCUT2D eigenvalue weighted by molar-refractivity contribution is -0.113. The highest BCUT2D eigenvalue weighted by Gasteiger charge is 2.33. The van der Waals surface area contributed by atoms with Gasteiger partial charge in [0.25, 0.3) is 11.5 Å². The third-order valence-corrected chi connectivity index (χ3v) is 4.50. The predicted octanol–water partition coefficient (Wildman–Crippen LogP) is 0.247. The predicted molar refractivity (Wildman–Crippen MR) is 99.9 cm³/mol. The number of carbonyl (C=O) groups is 2. The average molecular weight is 361 g/mol. The van der Waals surface area contributed by atoms with Gasteiger partial charge in [0.15, 0.2) is 0 Å². The van der Waals surface area contributed by atoms with E-state index in [2.05, 4.69) is 10.2 Å². The fourth-order valence-corrected chi connectivity index (χ4v) is 3.17. The van der Waals surface area contributed by atoms with Gasteiger partial charge in [-0.05, 0) is 35.9 Å². The number of carbonyl (C=O) groups excluding carboxylic acids is 2. The number of para-hydroxylation sites is 1. The van der Waals surface area contributed by atoms with Gasteiger partial charge in [0.1, 0.15) is 11.3 Å². The van der Waals surface area contributed by atoms with Crippen molar-refractivity contribution in [2.75, 3.05) is 11.9 Å². The molecule has 1 amide bonds. The minimum absolute atomic E-state index is 0.0448. The maximum absolute atomic E-state index is 13.0. The summed E-state index contributed by atoms with van der Waals surface area (Å²) in [4.78, 5) is 39.5. The molecule has 2 aromatic carbocycles. The second-order valence-electron chi connectivity index (χ2n) is 6.19. The first-order valence-electron chi connectivity index (χ1n) is 8.21. The van der Waals surface area contributed by atoms with E-state index in [1.54, 1.807) is 43.4 Å². The zero-order chi connectivity index (χ0) is 19.1. The largest absolute Gasteiger partial charge is 0.508 e. The molecule has 7 nitrogen and oxygen atoms in total. The van der Waals surface area contributed by atoms with Crippen LogP contribution < -0.4 is 21.0 Å². The lowest BCUT2D eigenvalue weighted by Crippen LogP contribution is -2.44. The lowest BCUT2D eigenvalue weighted by atomic mass is 9.95. The van der Waals surface area contributed by atoms with Crippen LogP contribution in [0.3, 0.4) is 0 Å². The van der Waals surface area contributed by atoms with E-state index in [1.807, 2.05) is 0 Å². The van der Waals surface area contributed by atoms with Crippen LogP contribution in [0.2, 0.25) is 0 Å². The van der Waals surface area contributed by atoms with Gasteiger partial charge in [-0.3, -0.25) is 24.6 Å². The highest BCUT2D eigenvalue weighted by atomic mass is 16.3. The molecule has 0 spiro atoms. The Labute approximate surface area is 152 Å². The molecule has 0 saturated heterocycles. The number of ketones is 1. The van der Waals surface area contributed by atoms with Crippen LogP contribution in [0.15, 0.2) is 53.3 Å². The number of Topliss-reactive ketones (excluding diaryl/α,β-unsaturated/α-hetero) is 1. The molecule has 0 aliphatic carbocycles. The van der Waals surface area contributed by atoms with Crippen LogP contribution in [0, 0.1) is 0 Å². The molecule has 7 heteroatoms.